The van der Waals surface area contributed by atoms with Gasteiger partial charge in [0.2, 0.25) is 6.71 Å². The van der Waals surface area contributed by atoms with Gasteiger partial charge in [0.05, 0.1) is 0 Å². The molecule has 0 saturated carbocycles. The van der Waals surface area contributed by atoms with Crippen molar-refractivity contribution in [3.05, 3.63) is 112 Å². The van der Waals surface area contributed by atoms with Crippen molar-refractivity contribution in [2.24, 2.45) is 0 Å². The van der Waals surface area contributed by atoms with Crippen molar-refractivity contribution in [1.82, 2.24) is 0 Å². The molecule has 0 aliphatic carbocycles. The number of aryl methyl sites for hydroxylation is 6. The predicted molar refractivity (Wildman–Crippen MR) is 138 cm³/mol. The molecule has 0 aliphatic heterocycles. The fourth-order valence-corrected chi connectivity index (χ4v) is 5.23. The summed E-state index contributed by atoms with van der Waals surface area (Å²) in [5, 5.41) is 0. The Labute approximate surface area is 188 Å². The van der Waals surface area contributed by atoms with Gasteiger partial charge in [-0.1, -0.05) is 129 Å². The maximum absolute atomic E-state index is 2.37. The van der Waals surface area contributed by atoms with Crippen LogP contribution >= 0.6 is 0 Å². The molecular weight excluding hydrogens is 371 g/mol. The van der Waals surface area contributed by atoms with Gasteiger partial charge >= 0.3 is 0 Å². The summed E-state index contributed by atoms with van der Waals surface area (Å²) >= 11 is 0. The van der Waals surface area contributed by atoms with Gasteiger partial charge in [-0.3, -0.25) is 0 Å². The summed E-state index contributed by atoms with van der Waals surface area (Å²) in [5.74, 6) is 0. The molecule has 0 N–H and O–H groups in total. The van der Waals surface area contributed by atoms with E-state index in [1.807, 2.05) is 0 Å². The molecule has 0 aliphatic rings. The van der Waals surface area contributed by atoms with Crippen molar-refractivity contribution in [3.8, 4) is 11.1 Å². The molecule has 0 aromatic heterocycles. The van der Waals surface area contributed by atoms with E-state index < -0.39 is 0 Å². The van der Waals surface area contributed by atoms with Gasteiger partial charge in [-0.2, -0.15) is 0 Å². The van der Waals surface area contributed by atoms with Crippen molar-refractivity contribution >= 4 is 23.1 Å². The molecule has 0 atom stereocenters. The molecule has 0 fully saturated rings. The Morgan fingerprint density at radius 3 is 1.19 bits per heavy atom. The van der Waals surface area contributed by atoms with E-state index in [0.717, 1.165) is 0 Å². The van der Waals surface area contributed by atoms with Crippen molar-refractivity contribution in [2.45, 2.75) is 41.5 Å². The van der Waals surface area contributed by atoms with Crippen LogP contribution in [0.5, 0.6) is 0 Å². The van der Waals surface area contributed by atoms with Crippen LogP contribution in [0.4, 0.5) is 0 Å². The molecule has 0 spiro atoms. The van der Waals surface area contributed by atoms with E-state index in [1.165, 1.54) is 60.9 Å². The van der Waals surface area contributed by atoms with E-state index in [-0.39, 0.29) is 6.71 Å². The first-order valence-corrected chi connectivity index (χ1v) is 11.2. The maximum Gasteiger partial charge on any atom is 0.243 e. The lowest BCUT2D eigenvalue weighted by Crippen LogP contribution is -2.57. The van der Waals surface area contributed by atoms with Gasteiger partial charge in [0.1, 0.15) is 0 Å². The highest BCUT2D eigenvalue weighted by molar-refractivity contribution is 6.97. The summed E-state index contributed by atoms with van der Waals surface area (Å²) in [6.07, 6.45) is 0. The van der Waals surface area contributed by atoms with Crippen LogP contribution < -0.4 is 16.4 Å². The Balaban J connectivity index is 2.02. The number of rotatable bonds is 4. The monoisotopic (exact) mass is 402 g/mol. The average Bonchev–Trinajstić information content (AvgIpc) is 2.73. The third-order valence-corrected chi connectivity index (χ3v) is 6.65. The minimum atomic E-state index is 0.229. The quantitative estimate of drug-likeness (QED) is 0.383. The highest BCUT2D eigenvalue weighted by atomic mass is 14.1. The van der Waals surface area contributed by atoms with Crippen LogP contribution in [-0.4, -0.2) is 6.71 Å². The second-order valence-electron chi connectivity index (χ2n) is 8.93. The average molecular weight is 402 g/mol. The van der Waals surface area contributed by atoms with Gasteiger partial charge in [-0.15, -0.1) is 0 Å². The zero-order valence-electron chi connectivity index (χ0n) is 19.6. The Kier molecular flexibility index (Phi) is 5.87. The summed E-state index contributed by atoms with van der Waals surface area (Å²) < 4.78 is 0. The first kappa shape index (κ1) is 21.2. The molecule has 4 rings (SSSR count). The summed E-state index contributed by atoms with van der Waals surface area (Å²) in [6, 6.07) is 28.8. The highest BCUT2D eigenvalue weighted by Gasteiger charge is 2.30. The van der Waals surface area contributed by atoms with Crippen molar-refractivity contribution < 1.29 is 0 Å². The SMILES string of the molecule is Cc1cccc(C)c1B(c1c(C)cccc1C)c1c(C)cc(-c2ccccc2)cc1C. The third-order valence-electron chi connectivity index (χ3n) is 6.65. The van der Waals surface area contributed by atoms with E-state index in [2.05, 4.69) is 120 Å². The number of hydrogen-bond donors (Lipinski definition) is 0. The topological polar surface area (TPSA) is 0 Å². The Bertz CT molecular complexity index is 1120. The molecule has 0 bridgehead atoms. The Morgan fingerprint density at radius 1 is 0.387 bits per heavy atom. The highest BCUT2D eigenvalue weighted by Crippen LogP contribution is 2.22. The second-order valence-corrected chi connectivity index (χ2v) is 8.93. The summed E-state index contributed by atoms with van der Waals surface area (Å²) in [5.41, 5.74) is 15.0. The number of hydrogen-bond acceptors (Lipinski definition) is 0. The van der Waals surface area contributed by atoms with E-state index in [0.29, 0.717) is 0 Å². The minimum absolute atomic E-state index is 0.229. The summed E-state index contributed by atoms with van der Waals surface area (Å²) in [4.78, 5) is 0. The van der Waals surface area contributed by atoms with Crippen molar-refractivity contribution in [1.29, 1.82) is 0 Å². The van der Waals surface area contributed by atoms with E-state index in [1.54, 1.807) is 0 Å². The molecule has 4 aromatic carbocycles. The lowest BCUT2D eigenvalue weighted by atomic mass is 9.33. The molecule has 0 amide bonds. The van der Waals surface area contributed by atoms with Crippen molar-refractivity contribution in [3.63, 3.8) is 0 Å². The largest absolute Gasteiger partial charge is 0.243 e. The van der Waals surface area contributed by atoms with Gasteiger partial charge in [-0.25, -0.2) is 0 Å². The van der Waals surface area contributed by atoms with Crippen LogP contribution in [0.25, 0.3) is 11.1 Å². The van der Waals surface area contributed by atoms with Crippen LogP contribution in [0.15, 0.2) is 78.9 Å². The first-order valence-electron chi connectivity index (χ1n) is 11.2. The van der Waals surface area contributed by atoms with Gasteiger partial charge in [-0.05, 0) is 52.7 Å². The lowest BCUT2D eigenvalue weighted by Gasteiger charge is -2.27. The maximum atomic E-state index is 2.37. The molecule has 31 heavy (non-hydrogen) atoms. The van der Waals surface area contributed by atoms with E-state index >= 15 is 0 Å². The second kappa shape index (κ2) is 8.59. The molecule has 0 nitrogen and oxygen atoms in total. The summed E-state index contributed by atoms with van der Waals surface area (Å²) in [7, 11) is 0. The molecule has 0 saturated heterocycles. The fraction of sp³-hybridized carbons (Fsp3) is 0.200. The molecule has 0 radical (unpaired) electrons. The fourth-order valence-electron chi connectivity index (χ4n) is 5.23. The molecule has 0 heterocycles. The smallest absolute Gasteiger partial charge is 0.0629 e. The predicted octanol–water partition coefficient (Wildman–Crippen LogP) is 5.72. The molecular formula is C30H31B. The zero-order chi connectivity index (χ0) is 22.1. The minimum Gasteiger partial charge on any atom is -0.0629 e. The van der Waals surface area contributed by atoms with Crippen LogP contribution in [0.3, 0.4) is 0 Å². The molecule has 154 valence electrons. The lowest BCUT2D eigenvalue weighted by molar-refractivity contribution is 1.39. The van der Waals surface area contributed by atoms with E-state index in [9.17, 15) is 0 Å². The number of benzene rings is 4. The summed E-state index contributed by atoms with van der Waals surface area (Å²) in [6.45, 7) is 13.8. The van der Waals surface area contributed by atoms with E-state index in [4.69, 9.17) is 0 Å². The first-order chi connectivity index (χ1) is 14.9. The van der Waals surface area contributed by atoms with Crippen LogP contribution in [-0.2, 0) is 0 Å². The van der Waals surface area contributed by atoms with Gasteiger partial charge in [0, 0.05) is 0 Å². The third kappa shape index (κ3) is 3.98. The standard InChI is InChI=1S/C30H31B/c1-20-12-10-13-21(2)28(20)31(29-22(3)14-11-15-23(29)4)30-24(5)18-27(19-25(30)6)26-16-8-7-9-17-26/h7-19H,1-6H3. The van der Waals surface area contributed by atoms with Crippen LogP contribution in [0, 0.1) is 41.5 Å². The van der Waals surface area contributed by atoms with Crippen LogP contribution in [0.2, 0.25) is 0 Å². The molecule has 0 unspecified atom stereocenters. The van der Waals surface area contributed by atoms with Gasteiger partial charge in [0.25, 0.3) is 0 Å². The molecule has 4 aromatic rings. The van der Waals surface area contributed by atoms with Crippen LogP contribution in [0.1, 0.15) is 33.4 Å². The van der Waals surface area contributed by atoms with Crippen molar-refractivity contribution in [2.75, 3.05) is 0 Å². The molecule has 1 heteroatoms. The Hall–Kier alpha value is -3.06. The normalized spacial score (nSPS) is 10.9. The Morgan fingerprint density at radius 2 is 0.774 bits per heavy atom. The van der Waals surface area contributed by atoms with Gasteiger partial charge < -0.3 is 0 Å². The van der Waals surface area contributed by atoms with Gasteiger partial charge in [0.15, 0.2) is 0 Å². The zero-order valence-corrected chi connectivity index (χ0v) is 19.6.